The van der Waals surface area contributed by atoms with Crippen molar-refractivity contribution < 1.29 is 9.31 Å². The van der Waals surface area contributed by atoms with E-state index in [0.717, 1.165) is 6.54 Å². The summed E-state index contributed by atoms with van der Waals surface area (Å²) in [7, 11) is -0.283. The molecule has 2 aliphatic heterocycles. The molecule has 0 saturated carbocycles. The van der Waals surface area contributed by atoms with Gasteiger partial charge >= 0.3 is 7.12 Å². The Bertz CT molecular complexity index is 612. The predicted octanol–water partition coefficient (Wildman–Crippen LogP) is 5.09. The fraction of sp³-hybridized carbons (Fsp3) is 0.636. The number of likely N-dealkylation sites (tertiary alicyclic amines) is 1. The highest BCUT2D eigenvalue weighted by molar-refractivity contribution is 6.52. The second-order valence-electron chi connectivity index (χ2n) is 9.03. The molecule has 0 bridgehead atoms. The molecule has 26 heavy (non-hydrogen) atoms. The van der Waals surface area contributed by atoms with Crippen molar-refractivity contribution in [3.63, 3.8) is 0 Å². The van der Waals surface area contributed by atoms with Crippen molar-refractivity contribution in [1.82, 2.24) is 4.90 Å². The molecule has 0 aliphatic carbocycles. The van der Waals surface area contributed by atoms with Crippen LogP contribution in [0, 0.1) is 0 Å². The molecule has 3 nitrogen and oxygen atoms in total. The van der Waals surface area contributed by atoms with Gasteiger partial charge in [0.05, 0.1) is 11.2 Å². The van der Waals surface area contributed by atoms with E-state index in [2.05, 4.69) is 76.8 Å². The molecule has 0 spiro atoms. The summed E-state index contributed by atoms with van der Waals surface area (Å²) in [5.74, 6) is 2.01. The maximum Gasteiger partial charge on any atom is 0.487 e. The van der Waals surface area contributed by atoms with Crippen LogP contribution in [0.5, 0.6) is 0 Å². The Morgan fingerprint density at radius 2 is 1.54 bits per heavy atom. The number of piperidine rings is 1. The van der Waals surface area contributed by atoms with Crippen molar-refractivity contribution in [2.75, 3.05) is 0 Å². The largest absolute Gasteiger partial charge is 0.487 e. The monoisotopic (exact) mass is 355 g/mol. The van der Waals surface area contributed by atoms with Gasteiger partial charge in [-0.05, 0) is 65.5 Å². The smallest absolute Gasteiger partial charge is 0.400 e. The summed E-state index contributed by atoms with van der Waals surface area (Å²) < 4.78 is 12.0. The average Bonchev–Trinajstić information content (AvgIpc) is 2.77. The van der Waals surface area contributed by atoms with Crippen LogP contribution in [0.3, 0.4) is 0 Å². The SMILES string of the molecule is C[C@@H]1CCC[C@H](C)N1Cc1ccc(/C=C/B2OC(C)(C)C(C)(C)O2)cc1. The number of benzene rings is 1. The van der Waals surface area contributed by atoms with Gasteiger partial charge in [0.1, 0.15) is 0 Å². The van der Waals surface area contributed by atoms with Crippen molar-refractivity contribution >= 4 is 13.2 Å². The van der Waals surface area contributed by atoms with Crippen molar-refractivity contribution in [2.45, 2.75) is 90.6 Å². The summed E-state index contributed by atoms with van der Waals surface area (Å²) in [5.41, 5.74) is 2.00. The van der Waals surface area contributed by atoms with Crippen LogP contribution in [0.2, 0.25) is 0 Å². The van der Waals surface area contributed by atoms with E-state index >= 15 is 0 Å². The molecule has 4 heteroatoms. The Morgan fingerprint density at radius 3 is 2.08 bits per heavy atom. The maximum atomic E-state index is 6.02. The number of nitrogens with zero attached hydrogens (tertiary/aromatic N) is 1. The zero-order chi connectivity index (χ0) is 18.9. The zero-order valence-corrected chi connectivity index (χ0v) is 17.3. The molecule has 0 amide bonds. The van der Waals surface area contributed by atoms with Crippen molar-refractivity contribution in [2.24, 2.45) is 0 Å². The lowest BCUT2D eigenvalue weighted by Crippen LogP contribution is -2.42. The third kappa shape index (κ3) is 4.24. The summed E-state index contributed by atoms with van der Waals surface area (Å²) in [5, 5.41) is 0. The van der Waals surface area contributed by atoms with Crippen molar-refractivity contribution in [1.29, 1.82) is 0 Å². The Labute approximate surface area is 159 Å². The Hall–Kier alpha value is -1.10. The lowest BCUT2D eigenvalue weighted by molar-refractivity contribution is 0.00578. The second kappa shape index (κ2) is 7.50. The first-order chi connectivity index (χ1) is 12.2. The van der Waals surface area contributed by atoms with Crippen LogP contribution >= 0.6 is 0 Å². The number of hydrogen-bond acceptors (Lipinski definition) is 3. The van der Waals surface area contributed by atoms with Crippen LogP contribution in [-0.2, 0) is 15.9 Å². The average molecular weight is 355 g/mol. The van der Waals surface area contributed by atoms with E-state index in [1.54, 1.807) is 0 Å². The molecule has 0 radical (unpaired) electrons. The first kappa shape index (κ1) is 19.7. The van der Waals surface area contributed by atoms with Crippen LogP contribution in [0.1, 0.15) is 71.9 Å². The highest BCUT2D eigenvalue weighted by atomic mass is 16.7. The molecule has 2 atom stereocenters. The second-order valence-corrected chi connectivity index (χ2v) is 9.03. The fourth-order valence-electron chi connectivity index (χ4n) is 3.89. The highest BCUT2D eigenvalue weighted by Gasteiger charge is 2.49. The highest BCUT2D eigenvalue weighted by Crippen LogP contribution is 2.37. The van der Waals surface area contributed by atoms with Crippen LogP contribution in [0.4, 0.5) is 0 Å². The van der Waals surface area contributed by atoms with Gasteiger partial charge in [-0.3, -0.25) is 4.90 Å². The van der Waals surface area contributed by atoms with E-state index < -0.39 is 0 Å². The van der Waals surface area contributed by atoms with Crippen LogP contribution in [0.15, 0.2) is 30.2 Å². The first-order valence-corrected chi connectivity index (χ1v) is 10.1. The van der Waals surface area contributed by atoms with E-state index in [-0.39, 0.29) is 18.3 Å². The standard InChI is InChI=1S/C22H34BNO2/c1-17-8-7-9-18(2)24(17)16-20-12-10-19(11-13-20)14-15-23-25-21(3,4)22(5,6)26-23/h10-15,17-18H,7-9,16H2,1-6H3/b15-14+/t17-,18+. The molecule has 142 valence electrons. The van der Waals surface area contributed by atoms with Gasteiger partial charge in [0, 0.05) is 18.6 Å². The normalized spacial score (nSPS) is 28.8. The Kier molecular flexibility index (Phi) is 5.67. The van der Waals surface area contributed by atoms with Crippen molar-refractivity contribution in [3.8, 4) is 0 Å². The van der Waals surface area contributed by atoms with Gasteiger partial charge in [0.2, 0.25) is 0 Å². The van der Waals surface area contributed by atoms with Gasteiger partial charge in [-0.1, -0.05) is 42.7 Å². The summed E-state index contributed by atoms with van der Waals surface area (Å²) in [6.07, 6.45) is 6.10. The number of rotatable bonds is 4. The van der Waals surface area contributed by atoms with Gasteiger partial charge in [0.15, 0.2) is 0 Å². The van der Waals surface area contributed by atoms with Gasteiger partial charge in [-0.2, -0.15) is 0 Å². The van der Waals surface area contributed by atoms with E-state index in [4.69, 9.17) is 9.31 Å². The molecule has 1 aromatic rings. The predicted molar refractivity (Wildman–Crippen MR) is 110 cm³/mol. The van der Waals surface area contributed by atoms with Crippen LogP contribution in [-0.4, -0.2) is 35.3 Å². The van der Waals surface area contributed by atoms with E-state index in [1.165, 1.54) is 30.4 Å². The summed E-state index contributed by atoms with van der Waals surface area (Å²) in [4.78, 5) is 2.64. The van der Waals surface area contributed by atoms with Gasteiger partial charge < -0.3 is 9.31 Å². The molecular weight excluding hydrogens is 321 g/mol. The third-order valence-electron chi connectivity index (χ3n) is 6.44. The van der Waals surface area contributed by atoms with Crippen LogP contribution < -0.4 is 0 Å². The molecule has 2 heterocycles. The fourth-order valence-corrected chi connectivity index (χ4v) is 3.89. The van der Waals surface area contributed by atoms with E-state index in [9.17, 15) is 0 Å². The molecule has 2 fully saturated rings. The Morgan fingerprint density at radius 1 is 1.00 bits per heavy atom. The van der Waals surface area contributed by atoms with E-state index in [1.807, 2.05) is 5.98 Å². The quantitative estimate of drug-likeness (QED) is 0.702. The topological polar surface area (TPSA) is 21.7 Å². The van der Waals surface area contributed by atoms with Gasteiger partial charge in [-0.15, -0.1) is 0 Å². The molecule has 2 saturated heterocycles. The van der Waals surface area contributed by atoms with Gasteiger partial charge in [0.25, 0.3) is 0 Å². The molecule has 3 rings (SSSR count). The minimum atomic E-state index is -0.284. The summed E-state index contributed by atoms with van der Waals surface area (Å²) in [6, 6.07) is 10.2. The molecule has 0 aromatic heterocycles. The molecule has 0 N–H and O–H groups in total. The third-order valence-corrected chi connectivity index (χ3v) is 6.44. The zero-order valence-electron chi connectivity index (χ0n) is 17.3. The first-order valence-electron chi connectivity index (χ1n) is 10.1. The molecule has 2 aliphatic rings. The molecule has 1 aromatic carbocycles. The van der Waals surface area contributed by atoms with Crippen LogP contribution in [0.25, 0.3) is 6.08 Å². The van der Waals surface area contributed by atoms with Gasteiger partial charge in [-0.25, -0.2) is 0 Å². The lowest BCUT2D eigenvalue weighted by Gasteiger charge is -2.39. The molecular formula is C22H34BNO2. The van der Waals surface area contributed by atoms with E-state index in [0.29, 0.717) is 12.1 Å². The lowest BCUT2D eigenvalue weighted by atomic mass is 9.89. The minimum absolute atomic E-state index is 0.283. The summed E-state index contributed by atoms with van der Waals surface area (Å²) in [6.45, 7) is 14.1. The summed E-state index contributed by atoms with van der Waals surface area (Å²) >= 11 is 0. The van der Waals surface area contributed by atoms with Crippen molar-refractivity contribution in [3.05, 3.63) is 41.4 Å². The Balaban J connectivity index is 1.60. The minimum Gasteiger partial charge on any atom is -0.400 e. The maximum absolute atomic E-state index is 6.02. The molecule has 0 unspecified atom stereocenters. The number of hydrogen-bond donors (Lipinski definition) is 0.